The maximum absolute atomic E-state index is 12.0. The summed E-state index contributed by atoms with van der Waals surface area (Å²) in [5.41, 5.74) is 7.48. The van der Waals surface area contributed by atoms with Crippen molar-refractivity contribution in [2.45, 2.75) is 13.3 Å². The molecule has 0 fully saturated rings. The molecule has 0 bridgehead atoms. The van der Waals surface area contributed by atoms with Crippen LogP contribution in [-0.2, 0) is 0 Å². The fourth-order valence-electron chi connectivity index (χ4n) is 3.25. The predicted octanol–water partition coefficient (Wildman–Crippen LogP) is 5.02. The average Bonchev–Trinajstić information content (AvgIpc) is 3.14. The Hall–Kier alpha value is -2.41. The van der Waals surface area contributed by atoms with Crippen molar-refractivity contribution < 1.29 is 4.79 Å². The van der Waals surface area contributed by atoms with Gasteiger partial charge in [0.2, 0.25) is 0 Å². The van der Waals surface area contributed by atoms with Gasteiger partial charge in [0, 0.05) is 18.1 Å². The molecule has 5 nitrogen and oxygen atoms in total. The molecule has 7 heteroatoms. The molecule has 1 unspecified atom stereocenters. The quantitative estimate of drug-likeness (QED) is 0.629. The summed E-state index contributed by atoms with van der Waals surface area (Å²) in [5, 5.41) is 6.27. The summed E-state index contributed by atoms with van der Waals surface area (Å²) in [5.74, 6) is 0.707. The van der Waals surface area contributed by atoms with Gasteiger partial charge in [-0.25, -0.2) is 9.99 Å². The van der Waals surface area contributed by atoms with Crippen LogP contribution in [0.1, 0.15) is 12.0 Å². The van der Waals surface area contributed by atoms with Crippen molar-refractivity contribution in [3.8, 4) is 0 Å². The topological polar surface area (TPSA) is 62.5 Å². The number of anilines is 2. The number of nitrogens with zero attached hydrogens (tertiary/aromatic N) is 3. The van der Waals surface area contributed by atoms with Gasteiger partial charge in [0.1, 0.15) is 5.82 Å². The number of nitrogens with two attached hydrogens (primary N) is 1. The van der Waals surface area contributed by atoms with Crippen molar-refractivity contribution in [3.63, 3.8) is 0 Å². The van der Waals surface area contributed by atoms with Crippen molar-refractivity contribution in [3.05, 3.63) is 65.3 Å². The zero-order valence-corrected chi connectivity index (χ0v) is 16.4. The average molecular weight is 399 g/mol. The molecule has 2 aromatic carbocycles. The first-order valence-electron chi connectivity index (χ1n) is 8.60. The third-order valence-electron chi connectivity index (χ3n) is 4.49. The van der Waals surface area contributed by atoms with Gasteiger partial charge in [0.05, 0.1) is 10.7 Å². The van der Waals surface area contributed by atoms with E-state index in [4.69, 9.17) is 17.3 Å². The van der Waals surface area contributed by atoms with E-state index in [1.807, 2.05) is 76.4 Å². The molecule has 2 heterocycles. The van der Waals surface area contributed by atoms with Crippen LogP contribution >= 0.6 is 22.3 Å². The van der Waals surface area contributed by atoms with Crippen molar-refractivity contribution in [1.29, 1.82) is 0 Å². The lowest BCUT2D eigenvalue weighted by Gasteiger charge is -2.35. The maximum atomic E-state index is 12.0. The fraction of sp³-hybridized carbons (Fsp3) is 0.150. The Morgan fingerprint density at radius 3 is 2.74 bits per heavy atom. The number of benzene rings is 2. The third kappa shape index (κ3) is 3.32. The van der Waals surface area contributed by atoms with Gasteiger partial charge in [0.25, 0.3) is 5.24 Å². The third-order valence-corrected chi connectivity index (χ3v) is 6.55. The minimum absolute atomic E-state index is 0.358. The van der Waals surface area contributed by atoms with Gasteiger partial charge < -0.3 is 5.73 Å². The molecule has 2 N–H and O–H groups in total. The standard InChI is InChI=1S/C20H19ClN4OS/c1-14-6-4-9-17(21)19(14)25(24-10-5-11-27(24)20(22)26)18-12-15-7-2-3-8-16(15)13-23-18/h2-4,6-9,11-13H,5,10H2,1H3,(H2,22,26). The van der Waals surface area contributed by atoms with E-state index in [1.165, 1.54) is 0 Å². The lowest BCUT2D eigenvalue weighted by molar-refractivity contribution is 0.266. The number of fused-ring (bicyclic) bond motifs is 1. The number of primary amides is 1. The van der Waals surface area contributed by atoms with Crippen LogP contribution in [0.5, 0.6) is 0 Å². The molecule has 0 radical (unpaired) electrons. The van der Waals surface area contributed by atoms with Crippen LogP contribution in [0.4, 0.5) is 16.3 Å². The number of carbonyl (C=O) groups is 1. The number of para-hydroxylation sites is 1. The Bertz CT molecular complexity index is 1050. The van der Waals surface area contributed by atoms with Gasteiger partial charge >= 0.3 is 0 Å². The molecule has 0 saturated carbocycles. The zero-order chi connectivity index (χ0) is 19.0. The summed E-state index contributed by atoms with van der Waals surface area (Å²) in [4.78, 5) is 16.7. The monoisotopic (exact) mass is 398 g/mol. The van der Waals surface area contributed by atoms with Gasteiger partial charge in [-0.15, -0.1) is 0 Å². The van der Waals surface area contributed by atoms with Crippen LogP contribution in [0.3, 0.4) is 0 Å². The van der Waals surface area contributed by atoms with E-state index in [0.29, 0.717) is 17.4 Å². The van der Waals surface area contributed by atoms with Crippen LogP contribution in [0.25, 0.3) is 10.8 Å². The Morgan fingerprint density at radius 2 is 2.00 bits per heavy atom. The molecule has 27 heavy (non-hydrogen) atoms. The van der Waals surface area contributed by atoms with Crippen molar-refractivity contribution in [2.24, 2.45) is 5.73 Å². The summed E-state index contributed by atoms with van der Waals surface area (Å²) in [7, 11) is -0.824. The number of rotatable bonds is 3. The second-order valence-electron chi connectivity index (χ2n) is 6.27. The Labute approximate surface area is 165 Å². The molecule has 1 aliphatic heterocycles. The van der Waals surface area contributed by atoms with Crippen molar-refractivity contribution in [1.82, 2.24) is 9.40 Å². The number of hydrogen-bond donors (Lipinski definition) is 1. The Kier molecular flexibility index (Phi) is 4.86. The molecule has 1 aliphatic rings. The van der Waals surface area contributed by atoms with E-state index in [1.54, 1.807) is 0 Å². The van der Waals surface area contributed by atoms with E-state index >= 15 is 0 Å². The predicted molar refractivity (Wildman–Crippen MR) is 115 cm³/mol. The van der Waals surface area contributed by atoms with Gasteiger partial charge in [-0.05, 0) is 52.5 Å². The van der Waals surface area contributed by atoms with Gasteiger partial charge in [0.15, 0.2) is 0 Å². The summed E-state index contributed by atoms with van der Waals surface area (Å²) >= 11 is 6.58. The molecule has 1 atom stereocenters. The SMILES string of the molecule is Cc1cccc(Cl)c1N(c1cc2ccccc2cn1)N1CCC=S1C(N)=O. The molecule has 4 rings (SSSR count). The molecule has 3 aromatic rings. The second kappa shape index (κ2) is 7.31. The van der Waals surface area contributed by atoms with Crippen molar-refractivity contribution in [2.75, 3.05) is 11.6 Å². The van der Waals surface area contributed by atoms with E-state index in [0.717, 1.165) is 28.4 Å². The first kappa shape index (κ1) is 18.0. The molecule has 138 valence electrons. The first-order valence-corrected chi connectivity index (χ1v) is 10.2. The van der Waals surface area contributed by atoms with Gasteiger partial charge in [-0.3, -0.25) is 4.79 Å². The van der Waals surface area contributed by atoms with E-state index < -0.39 is 10.7 Å². The first-order chi connectivity index (χ1) is 13.1. The summed E-state index contributed by atoms with van der Waals surface area (Å²) in [6, 6.07) is 15.8. The zero-order valence-electron chi connectivity index (χ0n) is 14.8. The van der Waals surface area contributed by atoms with E-state index in [2.05, 4.69) is 4.98 Å². The summed E-state index contributed by atoms with van der Waals surface area (Å²) in [6.45, 7) is 2.67. The number of amides is 1. The number of hydrazine groups is 1. The minimum Gasteiger partial charge on any atom is -0.360 e. The molecular formula is C20H19ClN4OS. The van der Waals surface area contributed by atoms with E-state index in [-0.39, 0.29) is 5.24 Å². The number of pyridine rings is 1. The smallest absolute Gasteiger partial charge is 0.286 e. The van der Waals surface area contributed by atoms with Gasteiger partial charge in [-0.2, -0.15) is 4.41 Å². The van der Waals surface area contributed by atoms with Crippen LogP contribution in [0.15, 0.2) is 54.7 Å². The highest BCUT2D eigenvalue weighted by atomic mass is 35.5. The Balaban J connectivity index is 1.92. The molecule has 0 saturated heterocycles. The highest BCUT2D eigenvalue weighted by Crippen LogP contribution is 2.41. The van der Waals surface area contributed by atoms with Crippen LogP contribution < -0.4 is 10.7 Å². The lowest BCUT2D eigenvalue weighted by Crippen LogP contribution is -2.37. The van der Waals surface area contributed by atoms with E-state index in [9.17, 15) is 4.79 Å². The number of carbonyl (C=O) groups excluding carboxylic acids is 1. The highest BCUT2D eigenvalue weighted by molar-refractivity contribution is 8.25. The maximum Gasteiger partial charge on any atom is 0.286 e. The minimum atomic E-state index is -0.824. The molecule has 0 aliphatic carbocycles. The number of aryl methyl sites for hydroxylation is 1. The fourth-order valence-corrected chi connectivity index (χ4v) is 5.07. The summed E-state index contributed by atoms with van der Waals surface area (Å²) < 4.78 is 1.97. The second-order valence-corrected chi connectivity index (χ2v) is 8.46. The van der Waals surface area contributed by atoms with Crippen LogP contribution in [0, 0.1) is 6.92 Å². The number of hydrogen-bond acceptors (Lipinski definition) is 4. The highest BCUT2D eigenvalue weighted by Gasteiger charge is 2.30. The molecular weight excluding hydrogens is 380 g/mol. The molecule has 1 aromatic heterocycles. The van der Waals surface area contributed by atoms with Crippen LogP contribution in [0.2, 0.25) is 5.02 Å². The Morgan fingerprint density at radius 1 is 1.22 bits per heavy atom. The number of aromatic nitrogens is 1. The van der Waals surface area contributed by atoms with Gasteiger partial charge in [-0.1, -0.05) is 48.0 Å². The summed E-state index contributed by atoms with van der Waals surface area (Å²) in [6.07, 6.45) is 2.62. The van der Waals surface area contributed by atoms with Crippen LogP contribution in [-0.4, -0.2) is 26.5 Å². The van der Waals surface area contributed by atoms with Crippen molar-refractivity contribution >= 4 is 55.2 Å². The largest absolute Gasteiger partial charge is 0.360 e. The molecule has 1 amide bonds. The number of halogens is 1. The lowest BCUT2D eigenvalue weighted by atomic mass is 10.1. The molecule has 0 spiro atoms. The normalized spacial score (nSPS) is 17.0.